The van der Waals surface area contributed by atoms with Gasteiger partial charge in [-0.1, -0.05) is 12.8 Å². The predicted octanol–water partition coefficient (Wildman–Crippen LogP) is 0.338. The number of nitrogens with one attached hydrogen (secondary N) is 1. The fraction of sp³-hybridized carbons (Fsp3) is 0.923. The molecule has 1 spiro atoms. The summed E-state index contributed by atoms with van der Waals surface area (Å²) in [4.78, 5) is 33.3. The van der Waals surface area contributed by atoms with Crippen LogP contribution in [0.5, 0.6) is 0 Å². The maximum absolute atomic E-state index is 12.3. The molecule has 1 saturated heterocycles. The molecular weight excluding hydrogens is 282 g/mol. The van der Waals surface area contributed by atoms with Crippen molar-refractivity contribution >= 4 is 5.91 Å². The van der Waals surface area contributed by atoms with Gasteiger partial charge in [0.05, 0.1) is 19.1 Å². The van der Waals surface area contributed by atoms with Gasteiger partial charge in [-0.15, -0.1) is 0 Å². The van der Waals surface area contributed by atoms with Gasteiger partial charge in [0.15, 0.2) is 0 Å². The first-order chi connectivity index (χ1) is 9.93. The van der Waals surface area contributed by atoms with Gasteiger partial charge in [0.2, 0.25) is 17.6 Å². The van der Waals surface area contributed by atoms with Crippen LogP contribution in [-0.2, 0) is 24.3 Å². The van der Waals surface area contributed by atoms with Gasteiger partial charge in [0, 0.05) is 19.8 Å². The molecular formula is C13H23NO7. The van der Waals surface area contributed by atoms with Crippen LogP contribution in [0.1, 0.15) is 45.4 Å². The number of hydrogen-bond acceptors (Lipinski definition) is 7. The van der Waals surface area contributed by atoms with E-state index >= 15 is 0 Å². The highest BCUT2D eigenvalue weighted by Crippen LogP contribution is 2.38. The van der Waals surface area contributed by atoms with Gasteiger partial charge in [-0.2, -0.15) is 9.78 Å². The van der Waals surface area contributed by atoms with E-state index in [9.17, 15) is 15.0 Å². The molecule has 1 aliphatic heterocycles. The number of carbonyl (C=O) groups is 1. The first kappa shape index (κ1) is 16.6. The first-order valence-corrected chi connectivity index (χ1v) is 7.31. The minimum atomic E-state index is -2.30. The smallest absolute Gasteiger partial charge is 0.245 e. The van der Waals surface area contributed by atoms with Crippen LogP contribution >= 0.6 is 0 Å². The lowest BCUT2D eigenvalue weighted by molar-refractivity contribution is -0.532. The Balaban J connectivity index is 2.17. The fourth-order valence-electron chi connectivity index (χ4n) is 2.62. The van der Waals surface area contributed by atoms with Gasteiger partial charge in [-0.25, -0.2) is 9.78 Å². The minimum absolute atomic E-state index is 0.344. The Bertz CT molecular complexity index is 347. The third-order valence-corrected chi connectivity index (χ3v) is 3.58. The molecule has 0 aromatic heterocycles. The summed E-state index contributed by atoms with van der Waals surface area (Å²) in [6.45, 7) is 1.76. The Hall–Kier alpha value is -0.770. The van der Waals surface area contributed by atoms with Crippen molar-refractivity contribution in [1.29, 1.82) is 0 Å². The maximum Gasteiger partial charge on any atom is 0.245 e. The van der Waals surface area contributed by atoms with E-state index in [4.69, 9.17) is 19.6 Å². The van der Waals surface area contributed by atoms with E-state index in [0.717, 1.165) is 26.2 Å². The molecule has 21 heavy (non-hydrogen) atoms. The van der Waals surface area contributed by atoms with Crippen molar-refractivity contribution in [2.24, 2.45) is 5.92 Å². The Kier molecular flexibility index (Phi) is 5.53. The zero-order valence-electron chi connectivity index (χ0n) is 12.2. The van der Waals surface area contributed by atoms with Crippen LogP contribution in [0.25, 0.3) is 0 Å². The van der Waals surface area contributed by atoms with Crippen molar-refractivity contribution in [3.05, 3.63) is 0 Å². The average molecular weight is 305 g/mol. The van der Waals surface area contributed by atoms with E-state index in [1.165, 1.54) is 0 Å². The second kappa shape index (κ2) is 6.99. The van der Waals surface area contributed by atoms with Crippen molar-refractivity contribution in [3.63, 3.8) is 0 Å². The standard InChI is InChI=1S/C13H23NO7/c1-12(16,17)14-11(15)10-6-3-2-4-7-13(10)20-18-8-5-9-19-21-13/h10,16-17H,2-9H2,1H3,(H,14,15). The molecule has 0 bridgehead atoms. The van der Waals surface area contributed by atoms with Crippen LogP contribution in [-0.4, -0.2) is 41.0 Å². The second-order valence-corrected chi connectivity index (χ2v) is 5.64. The van der Waals surface area contributed by atoms with E-state index in [1.54, 1.807) is 0 Å². The summed E-state index contributed by atoms with van der Waals surface area (Å²) in [5.41, 5.74) is 0. The quantitative estimate of drug-likeness (QED) is 0.499. The number of amides is 1. The van der Waals surface area contributed by atoms with Crippen LogP contribution in [0.15, 0.2) is 0 Å². The zero-order valence-corrected chi connectivity index (χ0v) is 12.2. The summed E-state index contributed by atoms with van der Waals surface area (Å²) < 4.78 is 0. The van der Waals surface area contributed by atoms with E-state index in [-0.39, 0.29) is 0 Å². The SMILES string of the molecule is CC(O)(O)NC(=O)C1CCCCCC12OOCCCOO2. The summed E-state index contributed by atoms with van der Waals surface area (Å²) >= 11 is 0. The lowest BCUT2D eigenvalue weighted by atomic mass is 9.92. The molecule has 8 heteroatoms. The molecule has 122 valence electrons. The lowest BCUT2D eigenvalue weighted by Gasteiger charge is -2.37. The first-order valence-electron chi connectivity index (χ1n) is 7.31. The van der Waals surface area contributed by atoms with E-state index < -0.39 is 23.5 Å². The third-order valence-electron chi connectivity index (χ3n) is 3.58. The van der Waals surface area contributed by atoms with Gasteiger partial charge >= 0.3 is 0 Å². The average Bonchev–Trinajstić information content (AvgIpc) is 2.55. The molecule has 1 saturated carbocycles. The van der Waals surface area contributed by atoms with Crippen molar-refractivity contribution in [1.82, 2.24) is 5.32 Å². The Morgan fingerprint density at radius 2 is 1.81 bits per heavy atom. The van der Waals surface area contributed by atoms with Gasteiger partial charge in [-0.05, 0) is 12.8 Å². The molecule has 0 aromatic carbocycles. The Morgan fingerprint density at radius 3 is 2.43 bits per heavy atom. The van der Waals surface area contributed by atoms with E-state index in [1.807, 2.05) is 0 Å². The van der Waals surface area contributed by atoms with Gasteiger partial charge in [0.25, 0.3) is 0 Å². The monoisotopic (exact) mass is 305 g/mol. The zero-order chi connectivity index (χ0) is 15.3. The summed E-state index contributed by atoms with van der Waals surface area (Å²) in [6, 6.07) is 0. The van der Waals surface area contributed by atoms with E-state index in [2.05, 4.69) is 5.32 Å². The van der Waals surface area contributed by atoms with Gasteiger partial charge < -0.3 is 15.5 Å². The van der Waals surface area contributed by atoms with Crippen molar-refractivity contribution in [2.75, 3.05) is 13.2 Å². The number of rotatable bonds is 2. The van der Waals surface area contributed by atoms with Gasteiger partial charge in [-0.3, -0.25) is 4.79 Å². The number of hydrogen-bond donors (Lipinski definition) is 3. The molecule has 2 aliphatic rings. The molecule has 2 fully saturated rings. The predicted molar refractivity (Wildman–Crippen MR) is 69.0 cm³/mol. The number of carbonyl (C=O) groups excluding carboxylic acids is 1. The molecule has 1 unspecified atom stereocenters. The highest BCUT2D eigenvalue weighted by Gasteiger charge is 2.50. The number of aliphatic hydroxyl groups is 2. The Labute approximate surface area is 123 Å². The lowest BCUT2D eigenvalue weighted by Crippen LogP contribution is -2.55. The molecule has 1 aliphatic carbocycles. The van der Waals surface area contributed by atoms with Gasteiger partial charge in [0.1, 0.15) is 0 Å². The second-order valence-electron chi connectivity index (χ2n) is 5.64. The molecule has 1 heterocycles. The highest BCUT2D eigenvalue weighted by molar-refractivity contribution is 5.80. The summed E-state index contributed by atoms with van der Waals surface area (Å²) in [5, 5.41) is 20.8. The minimum Gasteiger partial charge on any atom is -0.349 e. The van der Waals surface area contributed by atoms with Crippen LogP contribution in [0.3, 0.4) is 0 Å². The van der Waals surface area contributed by atoms with Crippen LogP contribution in [0.4, 0.5) is 0 Å². The van der Waals surface area contributed by atoms with Crippen molar-refractivity contribution in [2.45, 2.75) is 57.1 Å². The highest BCUT2D eigenvalue weighted by atomic mass is 17.3. The van der Waals surface area contributed by atoms with E-state index in [0.29, 0.717) is 32.5 Å². The van der Waals surface area contributed by atoms with Crippen LogP contribution in [0.2, 0.25) is 0 Å². The maximum atomic E-state index is 12.3. The van der Waals surface area contributed by atoms with Crippen LogP contribution < -0.4 is 5.32 Å². The molecule has 0 radical (unpaired) electrons. The molecule has 1 atom stereocenters. The summed E-state index contributed by atoms with van der Waals surface area (Å²) in [5.74, 6) is -4.98. The topological polar surface area (TPSA) is 106 Å². The summed E-state index contributed by atoms with van der Waals surface area (Å²) in [7, 11) is 0. The summed E-state index contributed by atoms with van der Waals surface area (Å²) in [6.07, 6.45) is 4.06. The molecule has 8 nitrogen and oxygen atoms in total. The Morgan fingerprint density at radius 1 is 1.14 bits per heavy atom. The molecule has 3 N–H and O–H groups in total. The largest absolute Gasteiger partial charge is 0.349 e. The van der Waals surface area contributed by atoms with Crippen LogP contribution in [0, 0.1) is 5.92 Å². The van der Waals surface area contributed by atoms with Crippen molar-refractivity contribution in [3.8, 4) is 0 Å². The molecule has 0 aromatic rings. The molecule has 2 rings (SSSR count). The normalized spacial score (nSPS) is 27.5. The fourth-order valence-corrected chi connectivity index (χ4v) is 2.62. The molecule has 1 amide bonds. The third kappa shape index (κ3) is 4.60. The van der Waals surface area contributed by atoms with Crippen molar-refractivity contribution < 1.29 is 34.6 Å².